The van der Waals surface area contributed by atoms with Crippen molar-refractivity contribution in [1.29, 1.82) is 0 Å². The number of rotatable bonds is 6. The maximum absolute atomic E-state index is 12.8. The van der Waals surface area contributed by atoms with E-state index in [1.54, 1.807) is 11.8 Å². The van der Waals surface area contributed by atoms with Gasteiger partial charge in [-0.3, -0.25) is 4.79 Å². The number of nitrogens with zero attached hydrogens (tertiary/aromatic N) is 1. The van der Waals surface area contributed by atoms with Gasteiger partial charge in [0.25, 0.3) is 0 Å². The second-order valence-electron chi connectivity index (χ2n) is 6.16. The highest BCUT2D eigenvalue weighted by atomic mass is 32.2. The van der Waals surface area contributed by atoms with Crippen LogP contribution in [0.15, 0.2) is 69.3 Å². The van der Waals surface area contributed by atoms with Crippen LogP contribution >= 0.6 is 11.8 Å². The van der Waals surface area contributed by atoms with Gasteiger partial charge in [0.2, 0.25) is 5.43 Å². The first-order valence-electron chi connectivity index (χ1n) is 8.55. The number of unbranched alkanes of at least 4 members (excludes halogenated alkanes) is 2. The summed E-state index contributed by atoms with van der Waals surface area (Å²) in [4.78, 5) is 14.8. The van der Waals surface area contributed by atoms with Crippen molar-refractivity contribution in [3.05, 3.63) is 70.5 Å². The molecule has 0 aliphatic rings. The average Bonchev–Trinajstić information content (AvgIpc) is 2.61. The Bertz CT molecular complexity index is 880. The van der Waals surface area contributed by atoms with E-state index in [2.05, 4.69) is 42.7 Å². The molecule has 0 atom stereocenters. The monoisotopic (exact) mass is 337 g/mol. The van der Waals surface area contributed by atoms with Gasteiger partial charge in [0.15, 0.2) is 0 Å². The van der Waals surface area contributed by atoms with Crippen LogP contribution in [0.2, 0.25) is 0 Å². The van der Waals surface area contributed by atoms with Crippen LogP contribution < -0.4 is 5.43 Å². The highest BCUT2D eigenvalue weighted by molar-refractivity contribution is 7.99. The first-order chi connectivity index (χ1) is 11.7. The van der Waals surface area contributed by atoms with Crippen molar-refractivity contribution in [3.63, 3.8) is 0 Å². The minimum Gasteiger partial charge on any atom is -0.346 e. The first kappa shape index (κ1) is 16.8. The Morgan fingerprint density at radius 3 is 2.50 bits per heavy atom. The number of aromatic nitrogens is 1. The third kappa shape index (κ3) is 3.73. The van der Waals surface area contributed by atoms with Crippen LogP contribution in [-0.4, -0.2) is 4.57 Å². The molecule has 0 amide bonds. The summed E-state index contributed by atoms with van der Waals surface area (Å²) in [5.41, 5.74) is 2.39. The van der Waals surface area contributed by atoms with Crippen LogP contribution in [0.25, 0.3) is 10.9 Å². The maximum atomic E-state index is 12.8. The molecule has 0 saturated carbocycles. The third-order valence-corrected chi connectivity index (χ3v) is 5.22. The van der Waals surface area contributed by atoms with Gasteiger partial charge < -0.3 is 4.57 Å². The van der Waals surface area contributed by atoms with Gasteiger partial charge in [-0.2, -0.15) is 0 Å². The van der Waals surface area contributed by atoms with Crippen molar-refractivity contribution in [3.8, 4) is 0 Å². The standard InChI is InChI=1S/C21H23NOS/c1-3-4-7-14-22-15-20(24-17-12-10-16(2)11-13-17)21(23)18-8-5-6-9-19(18)22/h5-6,8-13,15H,3-4,7,14H2,1-2H3. The summed E-state index contributed by atoms with van der Waals surface area (Å²) in [7, 11) is 0. The zero-order valence-corrected chi connectivity index (χ0v) is 15.1. The Kier molecular flexibility index (Phi) is 5.41. The molecule has 0 fully saturated rings. The quantitative estimate of drug-likeness (QED) is 0.542. The van der Waals surface area contributed by atoms with E-state index in [-0.39, 0.29) is 5.43 Å². The molecule has 2 aromatic carbocycles. The van der Waals surface area contributed by atoms with E-state index in [9.17, 15) is 4.79 Å². The predicted octanol–water partition coefficient (Wildman–Crippen LogP) is 5.65. The lowest BCUT2D eigenvalue weighted by Crippen LogP contribution is -2.11. The minimum absolute atomic E-state index is 0.128. The molecule has 2 nitrogen and oxygen atoms in total. The van der Waals surface area contributed by atoms with Crippen molar-refractivity contribution in [2.24, 2.45) is 0 Å². The second kappa shape index (κ2) is 7.71. The average molecular weight is 337 g/mol. The maximum Gasteiger partial charge on any atom is 0.203 e. The molecule has 3 heteroatoms. The summed E-state index contributed by atoms with van der Waals surface area (Å²) in [5, 5.41) is 0.811. The third-order valence-electron chi connectivity index (χ3n) is 4.21. The van der Waals surface area contributed by atoms with Crippen LogP contribution in [0.1, 0.15) is 31.7 Å². The highest BCUT2D eigenvalue weighted by Gasteiger charge is 2.10. The van der Waals surface area contributed by atoms with E-state index >= 15 is 0 Å². The zero-order valence-electron chi connectivity index (χ0n) is 14.3. The summed E-state index contributed by atoms with van der Waals surface area (Å²) in [5.74, 6) is 0. The van der Waals surface area contributed by atoms with Crippen LogP contribution in [0.4, 0.5) is 0 Å². The Labute approximate surface area is 147 Å². The van der Waals surface area contributed by atoms with Gasteiger partial charge in [0.1, 0.15) is 0 Å². The van der Waals surface area contributed by atoms with Crippen LogP contribution in [0, 0.1) is 6.92 Å². The predicted molar refractivity (Wildman–Crippen MR) is 103 cm³/mol. The summed E-state index contributed by atoms with van der Waals surface area (Å²) in [6.07, 6.45) is 5.58. The molecule has 0 aliphatic carbocycles. The van der Waals surface area contributed by atoms with Crippen molar-refractivity contribution < 1.29 is 0 Å². The van der Waals surface area contributed by atoms with Crippen molar-refractivity contribution in [1.82, 2.24) is 4.57 Å². The van der Waals surface area contributed by atoms with Crippen LogP contribution in [0.5, 0.6) is 0 Å². The fraction of sp³-hybridized carbons (Fsp3) is 0.286. The lowest BCUT2D eigenvalue weighted by molar-refractivity contribution is 0.609. The summed E-state index contributed by atoms with van der Waals surface area (Å²) in [6.45, 7) is 5.24. The molecule has 0 aliphatic heterocycles. The molecule has 0 spiro atoms. The van der Waals surface area contributed by atoms with Crippen molar-refractivity contribution in [2.75, 3.05) is 0 Å². The van der Waals surface area contributed by atoms with Crippen molar-refractivity contribution in [2.45, 2.75) is 49.4 Å². The Balaban J connectivity index is 2.01. The van der Waals surface area contributed by atoms with Gasteiger partial charge in [-0.05, 0) is 37.6 Å². The largest absolute Gasteiger partial charge is 0.346 e. The minimum atomic E-state index is 0.128. The second-order valence-corrected chi connectivity index (χ2v) is 7.27. The van der Waals surface area contributed by atoms with Crippen LogP contribution in [0.3, 0.4) is 0 Å². The number of benzene rings is 2. The Morgan fingerprint density at radius 1 is 1.00 bits per heavy atom. The molecule has 0 saturated heterocycles. The molecule has 124 valence electrons. The fourth-order valence-electron chi connectivity index (χ4n) is 2.84. The highest BCUT2D eigenvalue weighted by Crippen LogP contribution is 2.27. The Hall–Kier alpha value is -2.00. The molecule has 0 radical (unpaired) electrons. The number of fused-ring (bicyclic) bond motifs is 1. The van der Waals surface area contributed by atoms with Gasteiger partial charge in [0.05, 0.1) is 10.4 Å². The van der Waals surface area contributed by atoms with Gasteiger partial charge in [-0.15, -0.1) is 0 Å². The molecule has 1 aromatic heterocycles. The number of hydrogen-bond donors (Lipinski definition) is 0. The van der Waals surface area contributed by atoms with E-state index < -0.39 is 0 Å². The first-order valence-corrected chi connectivity index (χ1v) is 9.37. The zero-order chi connectivity index (χ0) is 16.9. The van der Waals surface area contributed by atoms with Crippen LogP contribution in [-0.2, 0) is 6.54 Å². The molecule has 1 heterocycles. The molecule has 0 N–H and O–H groups in total. The van der Waals surface area contributed by atoms with Crippen molar-refractivity contribution >= 4 is 22.7 Å². The normalized spacial score (nSPS) is 11.1. The van der Waals surface area contributed by atoms with Gasteiger partial charge in [0, 0.05) is 23.0 Å². The van der Waals surface area contributed by atoms with E-state index in [0.29, 0.717) is 0 Å². The number of pyridine rings is 1. The molecular weight excluding hydrogens is 314 g/mol. The molecule has 0 unspecified atom stereocenters. The SMILES string of the molecule is CCCCCn1cc(Sc2ccc(C)cc2)c(=O)c2ccccc21. The van der Waals surface area contributed by atoms with E-state index in [4.69, 9.17) is 0 Å². The van der Waals surface area contributed by atoms with Gasteiger partial charge in [-0.1, -0.05) is 61.4 Å². The van der Waals surface area contributed by atoms with E-state index in [1.807, 2.05) is 30.5 Å². The topological polar surface area (TPSA) is 22.0 Å². The van der Waals surface area contributed by atoms with E-state index in [1.165, 1.54) is 18.4 Å². The lowest BCUT2D eigenvalue weighted by atomic mass is 10.2. The molecule has 3 aromatic rings. The van der Waals surface area contributed by atoms with Gasteiger partial charge >= 0.3 is 0 Å². The summed E-state index contributed by atoms with van der Waals surface area (Å²) < 4.78 is 2.24. The summed E-state index contributed by atoms with van der Waals surface area (Å²) >= 11 is 1.56. The molecule has 0 bridgehead atoms. The van der Waals surface area contributed by atoms with E-state index in [0.717, 1.165) is 33.7 Å². The number of aryl methyl sites for hydroxylation is 2. The molecular formula is C21H23NOS. The number of hydrogen-bond acceptors (Lipinski definition) is 2. The lowest BCUT2D eigenvalue weighted by Gasteiger charge is -2.13. The number of para-hydroxylation sites is 1. The fourth-order valence-corrected chi connectivity index (χ4v) is 3.75. The molecule has 3 rings (SSSR count). The Morgan fingerprint density at radius 2 is 1.75 bits per heavy atom. The smallest absolute Gasteiger partial charge is 0.203 e. The summed E-state index contributed by atoms with van der Waals surface area (Å²) in [6, 6.07) is 16.3. The van der Waals surface area contributed by atoms with Gasteiger partial charge in [-0.25, -0.2) is 0 Å². The molecule has 24 heavy (non-hydrogen) atoms.